The Bertz CT molecular complexity index is 1660. The number of aromatic nitrogens is 1. The molecule has 3 fully saturated rings. The first-order valence-corrected chi connectivity index (χ1v) is 16.2. The molecule has 5 rings (SSSR count). The standard InChI is InChI=1S/C28H26Cl2F5N5O5S/c29-16-1-4-22(37-9-16)27(13-39(14-27)11-23(31)32)25(42)40-10-18(8-20(40)24(41)38-26(12-36)5-6-26)46(43,44)21-3-2-17(7-19(21)30)45-15-28(33,34)35/h1-4,7,9,18,20,23H,5-6,8,10-11,13-15H2,(H,38,41)/t18?,20-/m0/s1. The van der Waals surface area contributed by atoms with Crippen LogP contribution in [0.25, 0.3) is 0 Å². The number of benzene rings is 1. The average molecular weight is 711 g/mol. The number of sulfone groups is 1. The number of pyridine rings is 1. The van der Waals surface area contributed by atoms with Crippen molar-refractivity contribution in [2.24, 2.45) is 0 Å². The molecule has 2 atom stereocenters. The first kappa shape index (κ1) is 34.1. The van der Waals surface area contributed by atoms with Gasteiger partial charge >= 0.3 is 6.18 Å². The van der Waals surface area contributed by atoms with Crippen LogP contribution in [0.5, 0.6) is 5.75 Å². The third-order valence-electron chi connectivity index (χ3n) is 8.21. The smallest absolute Gasteiger partial charge is 0.422 e. The van der Waals surface area contributed by atoms with Gasteiger partial charge in [0.15, 0.2) is 16.4 Å². The maximum Gasteiger partial charge on any atom is 0.422 e. The van der Waals surface area contributed by atoms with Gasteiger partial charge in [-0.25, -0.2) is 17.2 Å². The molecular weight excluding hydrogens is 684 g/mol. The van der Waals surface area contributed by atoms with Crippen molar-refractivity contribution < 1.29 is 44.7 Å². The van der Waals surface area contributed by atoms with Crippen LogP contribution >= 0.6 is 23.2 Å². The van der Waals surface area contributed by atoms with E-state index in [0.717, 1.165) is 23.1 Å². The summed E-state index contributed by atoms with van der Waals surface area (Å²) in [5.74, 6) is -1.83. The SMILES string of the molecule is N#CC1(NC(=O)[C@@H]2CC(S(=O)(=O)c3ccc(OCC(F)(F)F)cc3Cl)CN2C(=O)C2(c3ccc(Cl)cn3)CN(CC(F)F)C2)CC1. The Morgan fingerprint density at radius 2 is 1.87 bits per heavy atom. The molecule has 2 aliphatic heterocycles. The van der Waals surface area contributed by atoms with Crippen LogP contribution in [0.1, 0.15) is 25.0 Å². The van der Waals surface area contributed by atoms with Gasteiger partial charge in [-0.3, -0.25) is 19.5 Å². The van der Waals surface area contributed by atoms with Gasteiger partial charge < -0.3 is 15.0 Å². The van der Waals surface area contributed by atoms with Crippen LogP contribution in [0, 0.1) is 11.3 Å². The maximum atomic E-state index is 14.4. The number of nitrogens with one attached hydrogen (secondary N) is 1. The van der Waals surface area contributed by atoms with Gasteiger partial charge in [-0.05, 0) is 43.5 Å². The lowest BCUT2D eigenvalue weighted by molar-refractivity contribution is -0.153. The second kappa shape index (κ2) is 12.4. The van der Waals surface area contributed by atoms with Crippen LogP contribution in [0.2, 0.25) is 10.0 Å². The number of nitrogens with zero attached hydrogens (tertiary/aromatic N) is 4. The Labute approximate surface area is 270 Å². The average Bonchev–Trinajstić information content (AvgIpc) is 3.57. The Morgan fingerprint density at radius 3 is 2.41 bits per heavy atom. The molecule has 1 unspecified atom stereocenters. The van der Waals surface area contributed by atoms with Crippen LogP contribution in [0.3, 0.4) is 0 Å². The molecule has 2 saturated heterocycles. The molecule has 248 valence electrons. The number of hydrogen-bond donors (Lipinski definition) is 1. The first-order chi connectivity index (χ1) is 21.5. The van der Waals surface area contributed by atoms with Crippen molar-refractivity contribution in [2.45, 2.75) is 59.0 Å². The van der Waals surface area contributed by atoms with Crippen molar-refractivity contribution >= 4 is 44.9 Å². The van der Waals surface area contributed by atoms with Gasteiger partial charge in [-0.15, -0.1) is 0 Å². The molecule has 1 aromatic carbocycles. The molecular formula is C28H26Cl2F5N5O5S. The van der Waals surface area contributed by atoms with Crippen LogP contribution in [0.4, 0.5) is 22.0 Å². The number of hydrogen-bond acceptors (Lipinski definition) is 8. The zero-order chi connectivity index (χ0) is 33.7. The van der Waals surface area contributed by atoms with E-state index < -0.39 is 92.5 Å². The molecule has 2 aromatic rings. The van der Waals surface area contributed by atoms with Gasteiger partial charge in [-0.2, -0.15) is 18.4 Å². The molecule has 18 heteroatoms. The summed E-state index contributed by atoms with van der Waals surface area (Å²) in [4.78, 5) is 34.1. The quantitative estimate of drug-likeness (QED) is 0.369. The molecule has 10 nitrogen and oxygen atoms in total. The van der Waals surface area contributed by atoms with Crippen molar-refractivity contribution in [1.82, 2.24) is 20.1 Å². The van der Waals surface area contributed by atoms with Gasteiger partial charge in [0.1, 0.15) is 22.7 Å². The third kappa shape index (κ3) is 6.87. The molecule has 0 bridgehead atoms. The molecule has 1 aromatic heterocycles. The van der Waals surface area contributed by atoms with Gasteiger partial charge in [0.25, 0.3) is 6.43 Å². The lowest BCUT2D eigenvalue weighted by Crippen LogP contribution is -2.68. The number of amides is 2. The van der Waals surface area contributed by atoms with E-state index in [1.165, 1.54) is 23.2 Å². The summed E-state index contributed by atoms with van der Waals surface area (Å²) >= 11 is 12.2. The Balaban J connectivity index is 1.47. The predicted octanol–water partition coefficient (Wildman–Crippen LogP) is 3.76. The van der Waals surface area contributed by atoms with Gasteiger partial charge in [0.2, 0.25) is 11.8 Å². The molecule has 1 saturated carbocycles. The number of likely N-dealkylation sites (tertiary alicyclic amines) is 2. The van der Waals surface area contributed by atoms with Crippen LogP contribution in [-0.4, -0.2) is 97.2 Å². The van der Waals surface area contributed by atoms with E-state index in [0.29, 0.717) is 12.8 Å². The topological polar surface area (TPSA) is 133 Å². The minimum Gasteiger partial charge on any atom is -0.484 e. The molecule has 0 spiro atoms. The maximum absolute atomic E-state index is 14.4. The van der Waals surface area contributed by atoms with E-state index in [1.54, 1.807) is 0 Å². The molecule has 1 aliphatic carbocycles. The molecule has 2 amide bonds. The van der Waals surface area contributed by atoms with E-state index in [-0.39, 0.29) is 29.6 Å². The zero-order valence-electron chi connectivity index (χ0n) is 23.7. The van der Waals surface area contributed by atoms with Crippen molar-refractivity contribution in [3.8, 4) is 11.8 Å². The summed E-state index contributed by atoms with van der Waals surface area (Å²) in [6.07, 6.45) is -5.75. The van der Waals surface area contributed by atoms with Crippen molar-refractivity contribution in [2.75, 3.05) is 32.8 Å². The van der Waals surface area contributed by atoms with Crippen molar-refractivity contribution in [1.29, 1.82) is 5.26 Å². The van der Waals surface area contributed by atoms with Crippen LogP contribution in [0.15, 0.2) is 41.4 Å². The first-order valence-electron chi connectivity index (χ1n) is 13.9. The largest absolute Gasteiger partial charge is 0.484 e. The molecule has 3 heterocycles. The van der Waals surface area contributed by atoms with Gasteiger partial charge in [-0.1, -0.05) is 23.2 Å². The Morgan fingerprint density at radius 1 is 1.17 bits per heavy atom. The highest BCUT2D eigenvalue weighted by Gasteiger charge is 2.58. The number of nitriles is 1. The predicted molar refractivity (Wildman–Crippen MR) is 153 cm³/mol. The van der Waals surface area contributed by atoms with E-state index in [4.69, 9.17) is 23.2 Å². The summed E-state index contributed by atoms with van der Waals surface area (Å²) in [6, 6.07) is 6.44. The summed E-state index contributed by atoms with van der Waals surface area (Å²) in [6.45, 7) is -3.16. The van der Waals surface area contributed by atoms with E-state index >= 15 is 0 Å². The summed E-state index contributed by atoms with van der Waals surface area (Å²) in [7, 11) is -4.42. The number of alkyl halides is 5. The fourth-order valence-corrected chi connectivity index (χ4v) is 8.08. The van der Waals surface area contributed by atoms with Crippen LogP contribution in [-0.2, 0) is 24.8 Å². The number of ether oxygens (including phenoxy) is 1. The molecule has 3 aliphatic rings. The second-order valence-electron chi connectivity index (χ2n) is 11.6. The van der Waals surface area contributed by atoms with Gasteiger partial charge in [0.05, 0.1) is 38.5 Å². The minimum absolute atomic E-state index is 0.186. The monoisotopic (exact) mass is 709 g/mol. The van der Waals surface area contributed by atoms with Gasteiger partial charge in [0, 0.05) is 31.9 Å². The summed E-state index contributed by atoms with van der Waals surface area (Å²) < 4.78 is 96.5. The fourth-order valence-electron chi connectivity index (χ4n) is 5.73. The normalized spacial score (nSPS) is 22.2. The summed E-state index contributed by atoms with van der Waals surface area (Å²) in [5.41, 5.74) is -2.48. The van der Waals surface area contributed by atoms with E-state index in [2.05, 4.69) is 15.0 Å². The number of carbonyl (C=O) groups excluding carboxylic acids is 2. The Kier molecular flexibility index (Phi) is 9.19. The van der Waals surface area contributed by atoms with E-state index in [1.807, 2.05) is 6.07 Å². The number of carbonyl (C=O) groups is 2. The van der Waals surface area contributed by atoms with Crippen molar-refractivity contribution in [3.63, 3.8) is 0 Å². The Hall–Kier alpha value is -3.26. The number of halogens is 7. The highest BCUT2D eigenvalue weighted by Crippen LogP contribution is 2.41. The highest BCUT2D eigenvalue weighted by atomic mass is 35.5. The lowest BCUT2D eigenvalue weighted by Gasteiger charge is -2.50. The summed E-state index contributed by atoms with van der Waals surface area (Å²) in [5, 5.41) is 10.5. The third-order valence-corrected chi connectivity index (χ3v) is 11.1. The molecule has 0 radical (unpaired) electrons. The fraction of sp³-hybridized carbons (Fsp3) is 0.500. The zero-order valence-corrected chi connectivity index (χ0v) is 26.1. The van der Waals surface area contributed by atoms with Crippen LogP contribution < -0.4 is 10.1 Å². The lowest BCUT2D eigenvalue weighted by atomic mass is 9.74. The molecule has 1 N–H and O–H groups in total. The highest BCUT2D eigenvalue weighted by molar-refractivity contribution is 7.92. The number of rotatable bonds is 10. The second-order valence-corrected chi connectivity index (χ2v) is 14.6. The minimum atomic E-state index is -4.65. The molecule has 46 heavy (non-hydrogen) atoms. The van der Waals surface area contributed by atoms with E-state index in [9.17, 15) is 45.2 Å². The van der Waals surface area contributed by atoms with Crippen molar-refractivity contribution in [3.05, 3.63) is 52.3 Å².